The average molecular weight is 814 g/mol. The molecule has 1 N–H and O–H groups in total. The van der Waals surface area contributed by atoms with Crippen LogP contribution < -0.4 is 14.5 Å². The number of benzene rings is 3. The number of aliphatic hydroxyl groups is 1. The Kier molecular flexibility index (Phi) is 7.86. The molecule has 4 aliphatic rings. The highest BCUT2D eigenvalue weighted by atomic mass is 127. The number of allylic oxidation sites excluding steroid dienone is 2. The van der Waals surface area contributed by atoms with Crippen LogP contribution in [0.15, 0.2) is 84.4 Å². The molecule has 3 aromatic rings. The van der Waals surface area contributed by atoms with Crippen LogP contribution >= 0.6 is 45.2 Å². The summed E-state index contributed by atoms with van der Waals surface area (Å²) in [7, 11) is 0. The predicted octanol–water partition coefficient (Wildman–Crippen LogP) is 5.31. The lowest BCUT2D eigenvalue weighted by Crippen LogP contribution is -2.43. The van der Waals surface area contributed by atoms with Crippen molar-refractivity contribution in [3.63, 3.8) is 0 Å². The molecule has 0 aromatic heterocycles. The summed E-state index contributed by atoms with van der Waals surface area (Å²) >= 11 is 4.37. The second-order valence-corrected chi connectivity index (χ2v) is 14.1. The normalized spacial score (nSPS) is 27.7. The number of ether oxygens (including phenoxy) is 1. The van der Waals surface area contributed by atoms with Crippen molar-refractivity contribution in [2.75, 3.05) is 23.0 Å². The summed E-state index contributed by atoms with van der Waals surface area (Å²) < 4.78 is 7.93. The fourth-order valence-electron chi connectivity index (χ4n) is 7.65. The second kappa shape index (κ2) is 11.7. The Morgan fingerprint density at radius 1 is 0.705 bits per heavy atom. The molecule has 10 heteroatoms. The molecule has 6 atom stereocenters. The van der Waals surface area contributed by atoms with Crippen molar-refractivity contribution in [2.24, 2.45) is 29.6 Å². The number of carbonyl (C=O) groups excluding carboxylic acids is 4. The van der Waals surface area contributed by atoms with Crippen LogP contribution in [0.1, 0.15) is 24.3 Å². The quantitative estimate of drug-likeness (QED) is 0.206. The fraction of sp³-hybridized carbons (Fsp3) is 0.294. The number of carbonyl (C=O) groups is 4. The summed E-state index contributed by atoms with van der Waals surface area (Å²) in [4.78, 5) is 59.0. The van der Waals surface area contributed by atoms with Crippen LogP contribution in [-0.4, -0.2) is 41.9 Å². The summed E-state index contributed by atoms with van der Waals surface area (Å²) in [5.41, 5.74) is 2.71. The lowest BCUT2D eigenvalue weighted by Gasteiger charge is -2.44. The molecule has 2 heterocycles. The molecule has 4 amide bonds. The maximum absolute atomic E-state index is 14.3. The van der Waals surface area contributed by atoms with Crippen molar-refractivity contribution in [3.8, 4) is 5.75 Å². The number of hydrogen-bond acceptors (Lipinski definition) is 6. The molecule has 7 rings (SSSR count). The van der Waals surface area contributed by atoms with Gasteiger partial charge in [0.15, 0.2) is 0 Å². The molecule has 44 heavy (non-hydrogen) atoms. The Morgan fingerprint density at radius 3 is 1.89 bits per heavy atom. The van der Waals surface area contributed by atoms with Crippen molar-refractivity contribution in [1.29, 1.82) is 0 Å². The zero-order valence-electron chi connectivity index (χ0n) is 23.4. The van der Waals surface area contributed by atoms with E-state index in [9.17, 15) is 24.3 Å². The van der Waals surface area contributed by atoms with Crippen LogP contribution in [0.25, 0.3) is 0 Å². The third-order valence-corrected chi connectivity index (χ3v) is 10.9. The minimum absolute atomic E-state index is 0.0740. The number of hydrogen-bond donors (Lipinski definition) is 1. The number of anilines is 2. The molecule has 3 aromatic carbocycles. The molecule has 8 nitrogen and oxygen atoms in total. The number of imide groups is 2. The third kappa shape index (κ3) is 4.71. The first-order valence-electron chi connectivity index (χ1n) is 14.6. The molecule has 224 valence electrons. The van der Waals surface area contributed by atoms with Gasteiger partial charge in [0.25, 0.3) is 0 Å². The summed E-state index contributed by atoms with van der Waals surface area (Å²) in [6.45, 7) is -0.103. The van der Waals surface area contributed by atoms with Crippen molar-refractivity contribution >= 4 is 80.2 Å². The Bertz CT molecular complexity index is 1710. The summed E-state index contributed by atoms with van der Waals surface area (Å²) in [5, 5.41) is 9.50. The number of halogens is 2. The van der Waals surface area contributed by atoms with E-state index in [1.807, 2.05) is 48.5 Å². The van der Waals surface area contributed by atoms with Gasteiger partial charge in [-0.05, 0) is 119 Å². The molecular formula is C34H28I2N2O6. The molecule has 0 spiro atoms. The number of nitrogens with zero attached hydrogens (tertiary/aromatic N) is 2. The number of fused-ring (bicyclic) bond motifs is 4. The van der Waals surface area contributed by atoms with Gasteiger partial charge in [0.2, 0.25) is 23.6 Å². The second-order valence-electron chi connectivity index (χ2n) is 11.6. The molecule has 0 bridgehead atoms. The smallest absolute Gasteiger partial charge is 0.238 e. The Balaban J connectivity index is 1.34. The SMILES string of the molecule is O=C1[C@H]2[C@H](CC=C3[C@H]2C[C@H]2C(=O)N(c4ccc(I)cc4)C(=O)[C@H]2[C@H]3c2ccccc2OCCO)C(=O)N1c1ccc(I)cc1. The highest BCUT2D eigenvalue weighted by Crippen LogP contribution is 2.59. The standard InChI is InChI=1S/C34H28I2N2O6/c35-18-5-9-20(10-6-18)37-31(40)24-14-13-22-25(29(24)33(37)42)17-26-30(28(22)23-3-1-2-4-27(23)44-16-15-39)34(43)38(32(26)41)21-11-7-19(36)8-12-21/h1-13,24-26,28-30,39H,14-17H2/t24-,25+,26+,28+,29-,30+/m0/s1. The largest absolute Gasteiger partial charge is 0.491 e. The highest BCUT2D eigenvalue weighted by Gasteiger charge is 2.62. The summed E-state index contributed by atoms with van der Waals surface area (Å²) in [6, 6.07) is 22.0. The summed E-state index contributed by atoms with van der Waals surface area (Å²) in [5.74, 6) is -3.99. The van der Waals surface area contributed by atoms with Crippen molar-refractivity contribution < 1.29 is 29.0 Å². The van der Waals surface area contributed by atoms with Gasteiger partial charge in [-0.1, -0.05) is 29.8 Å². The summed E-state index contributed by atoms with van der Waals surface area (Å²) in [6.07, 6.45) is 2.71. The van der Waals surface area contributed by atoms with Crippen LogP contribution in [0, 0.1) is 36.7 Å². The van der Waals surface area contributed by atoms with Gasteiger partial charge in [-0.3, -0.25) is 29.0 Å². The van der Waals surface area contributed by atoms with Crippen molar-refractivity contribution in [2.45, 2.75) is 18.8 Å². The van der Waals surface area contributed by atoms with E-state index in [2.05, 4.69) is 45.2 Å². The molecule has 2 saturated heterocycles. The monoisotopic (exact) mass is 814 g/mol. The molecular weight excluding hydrogens is 786 g/mol. The zero-order chi connectivity index (χ0) is 30.7. The van der Waals surface area contributed by atoms with Gasteiger partial charge in [0.1, 0.15) is 12.4 Å². The van der Waals surface area contributed by atoms with Gasteiger partial charge >= 0.3 is 0 Å². The van der Waals surface area contributed by atoms with Gasteiger partial charge in [-0.25, -0.2) is 0 Å². The first kappa shape index (κ1) is 29.6. The Hall–Kier alpha value is -3.10. The number of aliphatic hydroxyl groups excluding tert-OH is 1. The van der Waals surface area contributed by atoms with Gasteiger partial charge in [0.05, 0.1) is 41.7 Å². The minimum atomic E-state index is -0.695. The van der Waals surface area contributed by atoms with Crippen molar-refractivity contribution in [1.82, 2.24) is 0 Å². The van der Waals surface area contributed by atoms with E-state index in [4.69, 9.17) is 4.74 Å². The minimum Gasteiger partial charge on any atom is -0.491 e. The van der Waals surface area contributed by atoms with E-state index < -0.39 is 35.5 Å². The lowest BCUT2D eigenvalue weighted by molar-refractivity contribution is -0.126. The molecule has 1 saturated carbocycles. The van der Waals surface area contributed by atoms with Crippen LogP contribution in [-0.2, 0) is 19.2 Å². The molecule has 2 aliphatic heterocycles. The zero-order valence-corrected chi connectivity index (χ0v) is 27.8. The first-order chi connectivity index (χ1) is 21.3. The number of amides is 4. The molecule has 0 radical (unpaired) electrons. The van der Waals surface area contributed by atoms with Gasteiger partial charge in [-0.15, -0.1) is 0 Å². The number of rotatable bonds is 6. The Morgan fingerprint density at radius 2 is 1.27 bits per heavy atom. The van der Waals surface area contributed by atoms with E-state index in [1.165, 1.54) is 9.80 Å². The van der Waals surface area contributed by atoms with Gasteiger partial charge in [-0.2, -0.15) is 0 Å². The van der Waals surface area contributed by atoms with E-state index >= 15 is 0 Å². The molecule has 3 fully saturated rings. The van der Waals surface area contributed by atoms with Crippen LogP contribution in [0.4, 0.5) is 11.4 Å². The van der Waals surface area contributed by atoms with Crippen molar-refractivity contribution in [3.05, 3.63) is 97.1 Å². The third-order valence-electron chi connectivity index (χ3n) is 9.42. The maximum Gasteiger partial charge on any atom is 0.238 e. The Labute approximate surface area is 281 Å². The van der Waals surface area contributed by atoms with E-state index in [0.29, 0.717) is 30.0 Å². The number of para-hydroxylation sites is 1. The van der Waals surface area contributed by atoms with Gasteiger partial charge in [0, 0.05) is 18.6 Å². The fourth-order valence-corrected chi connectivity index (χ4v) is 8.37. The average Bonchev–Trinajstić information content (AvgIpc) is 3.44. The van der Waals surface area contributed by atoms with Crippen LogP contribution in [0.3, 0.4) is 0 Å². The van der Waals surface area contributed by atoms with E-state index in [-0.39, 0.29) is 36.8 Å². The maximum atomic E-state index is 14.3. The van der Waals surface area contributed by atoms with Crippen LogP contribution in [0.5, 0.6) is 5.75 Å². The van der Waals surface area contributed by atoms with E-state index in [1.54, 1.807) is 30.3 Å². The van der Waals surface area contributed by atoms with Gasteiger partial charge < -0.3 is 9.84 Å². The van der Waals surface area contributed by atoms with Crippen LogP contribution in [0.2, 0.25) is 0 Å². The highest BCUT2D eigenvalue weighted by molar-refractivity contribution is 14.1. The predicted molar refractivity (Wildman–Crippen MR) is 180 cm³/mol. The molecule has 0 unspecified atom stereocenters. The first-order valence-corrected chi connectivity index (χ1v) is 16.7. The lowest BCUT2D eigenvalue weighted by atomic mass is 9.57. The topological polar surface area (TPSA) is 104 Å². The van der Waals surface area contributed by atoms with E-state index in [0.717, 1.165) is 18.3 Å². The molecule has 2 aliphatic carbocycles.